The number of carbonyl (C=O) groups is 1. The zero-order valence-electron chi connectivity index (χ0n) is 12.2. The minimum Gasteiger partial charge on any atom is -0.271 e. The molecule has 0 radical (unpaired) electrons. The van der Waals surface area contributed by atoms with Gasteiger partial charge in [-0.15, -0.1) is 0 Å². The van der Waals surface area contributed by atoms with Crippen molar-refractivity contribution >= 4 is 11.6 Å². The van der Waals surface area contributed by atoms with Crippen LogP contribution in [-0.4, -0.2) is 21.4 Å². The van der Waals surface area contributed by atoms with Crippen LogP contribution in [0.1, 0.15) is 23.9 Å². The van der Waals surface area contributed by atoms with E-state index in [0.29, 0.717) is 5.71 Å². The first-order valence-corrected chi connectivity index (χ1v) is 6.56. The fraction of sp³-hybridized carbons (Fsp3) is 0.267. The Labute approximate surface area is 122 Å². The number of nitrogens with zero attached hydrogens (tertiary/aromatic N) is 3. The number of amides is 1. The highest BCUT2D eigenvalue weighted by Crippen LogP contribution is 2.04. The first-order valence-electron chi connectivity index (χ1n) is 6.56. The summed E-state index contributed by atoms with van der Waals surface area (Å²) in [7, 11) is 0. The fourth-order valence-corrected chi connectivity index (χ4v) is 1.91. The van der Waals surface area contributed by atoms with Crippen molar-refractivity contribution in [1.82, 2.24) is 15.2 Å². The Kier molecular flexibility index (Phi) is 4.47. The lowest BCUT2D eigenvalue weighted by Crippen LogP contribution is -2.25. The molecule has 1 N–H and O–H groups in total. The molecule has 0 spiro atoms. The number of benzene rings is 1. The zero-order chi connectivity index (χ0) is 15.4. The Morgan fingerprint density at radius 1 is 1.33 bits per heavy atom. The average Bonchev–Trinajstić information content (AvgIpc) is 2.75. The van der Waals surface area contributed by atoms with E-state index in [1.165, 1.54) is 12.1 Å². The summed E-state index contributed by atoms with van der Waals surface area (Å²) in [5, 5.41) is 8.22. The van der Waals surface area contributed by atoms with Gasteiger partial charge in [0.2, 0.25) is 0 Å². The summed E-state index contributed by atoms with van der Waals surface area (Å²) in [6, 6.07) is 7.83. The second-order valence-corrected chi connectivity index (χ2v) is 4.82. The monoisotopic (exact) mass is 288 g/mol. The lowest BCUT2D eigenvalue weighted by atomic mass is 10.1. The lowest BCUT2D eigenvalue weighted by Gasteiger charge is -2.04. The van der Waals surface area contributed by atoms with Gasteiger partial charge in [-0.1, -0.05) is 12.1 Å². The summed E-state index contributed by atoms with van der Waals surface area (Å²) in [6.07, 6.45) is 0. The van der Waals surface area contributed by atoms with Crippen LogP contribution in [0.25, 0.3) is 0 Å². The summed E-state index contributed by atoms with van der Waals surface area (Å²) < 4.78 is 14.4. The van der Waals surface area contributed by atoms with Crippen LogP contribution in [-0.2, 0) is 11.3 Å². The SMILES string of the molecule is C/C(=N/NC(=O)Cn1nc(C)cc1C)c1ccc(F)cc1. The molecule has 2 rings (SSSR count). The number of hydrazone groups is 1. The molecule has 0 aliphatic heterocycles. The molecule has 0 bridgehead atoms. The van der Waals surface area contributed by atoms with Crippen molar-refractivity contribution in [3.8, 4) is 0 Å². The highest BCUT2D eigenvalue weighted by molar-refractivity contribution is 5.99. The molecule has 110 valence electrons. The molecule has 0 aliphatic rings. The Hall–Kier alpha value is -2.50. The number of hydrogen-bond donors (Lipinski definition) is 1. The van der Waals surface area contributed by atoms with E-state index in [9.17, 15) is 9.18 Å². The van der Waals surface area contributed by atoms with Crippen molar-refractivity contribution in [3.05, 3.63) is 53.1 Å². The molecule has 5 nitrogen and oxygen atoms in total. The van der Waals surface area contributed by atoms with E-state index < -0.39 is 0 Å². The number of rotatable bonds is 4. The van der Waals surface area contributed by atoms with Crippen molar-refractivity contribution in [2.45, 2.75) is 27.3 Å². The third kappa shape index (κ3) is 3.98. The maximum atomic E-state index is 12.8. The lowest BCUT2D eigenvalue weighted by molar-refractivity contribution is -0.121. The van der Waals surface area contributed by atoms with Crippen LogP contribution >= 0.6 is 0 Å². The number of nitrogens with one attached hydrogen (secondary N) is 1. The normalized spacial score (nSPS) is 11.5. The van der Waals surface area contributed by atoms with Gasteiger partial charge in [0.15, 0.2) is 0 Å². The van der Waals surface area contributed by atoms with Crippen LogP contribution in [0, 0.1) is 19.7 Å². The number of hydrogen-bond acceptors (Lipinski definition) is 3. The van der Waals surface area contributed by atoms with E-state index in [1.807, 2.05) is 19.9 Å². The number of halogens is 1. The van der Waals surface area contributed by atoms with Gasteiger partial charge in [0.05, 0.1) is 11.4 Å². The van der Waals surface area contributed by atoms with Crippen LogP contribution in [0.4, 0.5) is 4.39 Å². The molecule has 0 saturated heterocycles. The van der Waals surface area contributed by atoms with Gasteiger partial charge in [-0.2, -0.15) is 10.2 Å². The van der Waals surface area contributed by atoms with E-state index in [1.54, 1.807) is 23.7 Å². The van der Waals surface area contributed by atoms with E-state index in [4.69, 9.17) is 0 Å². The summed E-state index contributed by atoms with van der Waals surface area (Å²) in [6.45, 7) is 5.62. The third-order valence-corrected chi connectivity index (χ3v) is 3.01. The second-order valence-electron chi connectivity index (χ2n) is 4.82. The highest BCUT2D eigenvalue weighted by atomic mass is 19.1. The molecule has 0 saturated carbocycles. The van der Waals surface area contributed by atoms with E-state index in [0.717, 1.165) is 17.0 Å². The summed E-state index contributed by atoms with van der Waals surface area (Å²) in [4.78, 5) is 11.8. The highest BCUT2D eigenvalue weighted by Gasteiger charge is 2.06. The maximum Gasteiger partial charge on any atom is 0.261 e. The Bertz CT molecular complexity index is 673. The Balaban J connectivity index is 1.98. The molecular formula is C15H17FN4O. The molecule has 6 heteroatoms. The number of carbonyl (C=O) groups excluding carboxylic acids is 1. The third-order valence-electron chi connectivity index (χ3n) is 3.01. The van der Waals surface area contributed by atoms with Crippen molar-refractivity contribution in [1.29, 1.82) is 0 Å². The largest absolute Gasteiger partial charge is 0.271 e. The minimum atomic E-state index is -0.305. The molecule has 2 aromatic rings. The average molecular weight is 288 g/mol. The quantitative estimate of drug-likeness (QED) is 0.692. The van der Waals surface area contributed by atoms with Gasteiger partial charge < -0.3 is 0 Å². The predicted octanol–water partition coefficient (Wildman–Crippen LogP) is 2.18. The molecule has 0 aliphatic carbocycles. The number of aryl methyl sites for hydroxylation is 2. The van der Waals surface area contributed by atoms with Crippen molar-refractivity contribution in [3.63, 3.8) is 0 Å². The van der Waals surface area contributed by atoms with E-state index in [2.05, 4.69) is 15.6 Å². The van der Waals surface area contributed by atoms with Crippen molar-refractivity contribution in [2.75, 3.05) is 0 Å². The van der Waals surface area contributed by atoms with Crippen LogP contribution in [0.2, 0.25) is 0 Å². The second kappa shape index (κ2) is 6.30. The van der Waals surface area contributed by atoms with Gasteiger partial charge >= 0.3 is 0 Å². The van der Waals surface area contributed by atoms with Crippen molar-refractivity contribution in [2.24, 2.45) is 5.10 Å². The van der Waals surface area contributed by atoms with Gasteiger partial charge in [0.25, 0.3) is 5.91 Å². The van der Waals surface area contributed by atoms with Crippen LogP contribution in [0.15, 0.2) is 35.4 Å². The first kappa shape index (κ1) is 14.9. The summed E-state index contributed by atoms with van der Waals surface area (Å²) in [5.74, 6) is -0.567. The van der Waals surface area contributed by atoms with Gasteiger partial charge in [0.1, 0.15) is 12.4 Å². The van der Waals surface area contributed by atoms with Gasteiger partial charge in [0, 0.05) is 5.69 Å². The summed E-state index contributed by atoms with van der Waals surface area (Å²) >= 11 is 0. The van der Waals surface area contributed by atoms with E-state index >= 15 is 0 Å². The van der Waals surface area contributed by atoms with Crippen LogP contribution in [0.3, 0.4) is 0 Å². The zero-order valence-corrected chi connectivity index (χ0v) is 12.2. The Morgan fingerprint density at radius 2 is 2.00 bits per heavy atom. The standard InChI is InChI=1S/C15H17FN4O/c1-10-8-11(2)20(19-10)9-15(21)18-17-12(3)13-4-6-14(16)7-5-13/h4-8H,9H2,1-3H3,(H,18,21)/b17-12-. The Morgan fingerprint density at radius 3 is 2.57 bits per heavy atom. The molecule has 0 fully saturated rings. The topological polar surface area (TPSA) is 59.3 Å². The van der Waals surface area contributed by atoms with Crippen molar-refractivity contribution < 1.29 is 9.18 Å². The molecule has 1 aromatic heterocycles. The van der Waals surface area contributed by atoms with Gasteiger partial charge in [-0.3, -0.25) is 9.48 Å². The van der Waals surface area contributed by atoms with Crippen LogP contribution < -0.4 is 5.43 Å². The molecule has 0 atom stereocenters. The fourth-order valence-electron chi connectivity index (χ4n) is 1.91. The first-order chi connectivity index (χ1) is 9.95. The predicted molar refractivity (Wildman–Crippen MR) is 78.5 cm³/mol. The molecule has 1 aromatic carbocycles. The summed E-state index contributed by atoms with van der Waals surface area (Å²) in [5.41, 5.74) is 5.62. The van der Waals surface area contributed by atoms with Gasteiger partial charge in [-0.05, 0) is 44.5 Å². The minimum absolute atomic E-state index is 0.111. The van der Waals surface area contributed by atoms with Crippen LogP contribution in [0.5, 0.6) is 0 Å². The molecule has 0 unspecified atom stereocenters. The molecule has 21 heavy (non-hydrogen) atoms. The molecule has 1 heterocycles. The molecule has 1 amide bonds. The van der Waals surface area contributed by atoms with E-state index in [-0.39, 0.29) is 18.3 Å². The van der Waals surface area contributed by atoms with Gasteiger partial charge in [-0.25, -0.2) is 9.82 Å². The molecular weight excluding hydrogens is 271 g/mol. The smallest absolute Gasteiger partial charge is 0.261 e. The maximum absolute atomic E-state index is 12.8. The number of aromatic nitrogens is 2.